The van der Waals surface area contributed by atoms with Gasteiger partial charge in [0.15, 0.2) is 0 Å². The summed E-state index contributed by atoms with van der Waals surface area (Å²) in [5, 5.41) is 3.33. The summed E-state index contributed by atoms with van der Waals surface area (Å²) in [6, 6.07) is 0. The number of aliphatic imine (C=N–C) groups is 1. The molecule has 2 heteroatoms. The van der Waals surface area contributed by atoms with Gasteiger partial charge in [-0.15, -0.1) is 0 Å². The first kappa shape index (κ1) is 24.2. The van der Waals surface area contributed by atoms with E-state index in [0.29, 0.717) is 5.92 Å². The fraction of sp³-hybridized carbons (Fsp3) is 0.870. The fourth-order valence-electron chi connectivity index (χ4n) is 3.50. The highest BCUT2D eigenvalue weighted by Gasteiger charge is 2.13. The van der Waals surface area contributed by atoms with Gasteiger partial charge in [-0.05, 0) is 19.8 Å². The Labute approximate surface area is 159 Å². The van der Waals surface area contributed by atoms with Crippen LogP contribution in [0.2, 0.25) is 0 Å². The average molecular weight is 351 g/mol. The smallest absolute Gasteiger partial charge is 0.103 e. The largest absolute Gasteiger partial charge is 0.348 e. The summed E-state index contributed by atoms with van der Waals surface area (Å²) >= 11 is 0. The van der Waals surface area contributed by atoms with Gasteiger partial charge < -0.3 is 5.32 Å². The second kappa shape index (κ2) is 18.0. The number of nitrogens with zero attached hydrogens (tertiary/aromatic N) is 1. The SMILES string of the molecule is C=C(C)NC(=NC)C(CC)CCCCCCCCCCCCCCC. The first-order chi connectivity index (χ1) is 12.2. The summed E-state index contributed by atoms with van der Waals surface area (Å²) in [6.45, 7) is 10.5. The van der Waals surface area contributed by atoms with E-state index in [1.807, 2.05) is 14.0 Å². The summed E-state index contributed by atoms with van der Waals surface area (Å²) in [5.74, 6) is 1.68. The Morgan fingerprint density at radius 2 is 1.24 bits per heavy atom. The highest BCUT2D eigenvalue weighted by molar-refractivity contribution is 5.85. The molecule has 0 aliphatic heterocycles. The number of amidine groups is 1. The van der Waals surface area contributed by atoms with Gasteiger partial charge in [0.05, 0.1) is 0 Å². The zero-order valence-corrected chi connectivity index (χ0v) is 17.8. The van der Waals surface area contributed by atoms with Gasteiger partial charge >= 0.3 is 0 Å². The number of nitrogens with one attached hydrogen (secondary N) is 1. The van der Waals surface area contributed by atoms with E-state index in [-0.39, 0.29) is 0 Å². The average Bonchev–Trinajstić information content (AvgIpc) is 2.60. The van der Waals surface area contributed by atoms with E-state index in [9.17, 15) is 0 Å². The molecule has 0 amide bonds. The Morgan fingerprint density at radius 1 is 0.800 bits per heavy atom. The third-order valence-corrected chi connectivity index (χ3v) is 5.12. The quantitative estimate of drug-likeness (QED) is 0.163. The molecule has 0 aromatic rings. The molecule has 1 unspecified atom stereocenters. The van der Waals surface area contributed by atoms with Crippen molar-refractivity contribution in [3.63, 3.8) is 0 Å². The van der Waals surface area contributed by atoms with Crippen LogP contribution in [-0.2, 0) is 0 Å². The van der Waals surface area contributed by atoms with Crippen LogP contribution >= 0.6 is 0 Å². The molecule has 0 heterocycles. The van der Waals surface area contributed by atoms with E-state index >= 15 is 0 Å². The Morgan fingerprint density at radius 3 is 1.60 bits per heavy atom. The monoisotopic (exact) mass is 350 g/mol. The first-order valence-corrected chi connectivity index (χ1v) is 11.0. The molecular formula is C23H46N2. The van der Waals surface area contributed by atoms with E-state index in [1.165, 1.54) is 89.9 Å². The molecule has 0 fully saturated rings. The number of hydrogen-bond acceptors (Lipinski definition) is 1. The molecule has 0 radical (unpaired) electrons. The molecule has 0 saturated heterocycles. The topological polar surface area (TPSA) is 24.4 Å². The lowest BCUT2D eigenvalue weighted by Crippen LogP contribution is -2.29. The Kier molecular flexibility index (Phi) is 17.4. The molecule has 148 valence electrons. The summed E-state index contributed by atoms with van der Waals surface area (Å²) in [6.07, 6.45) is 20.9. The maximum absolute atomic E-state index is 4.42. The van der Waals surface area contributed by atoms with Crippen LogP contribution in [0.5, 0.6) is 0 Å². The third-order valence-electron chi connectivity index (χ3n) is 5.12. The number of allylic oxidation sites excluding steroid dienone is 1. The van der Waals surface area contributed by atoms with Crippen molar-refractivity contribution in [3.05, 3.63) is 12.3 Å². The van der Waals surface area contributed by atoms with E-state index < -0.39 is 0 Å². The second-order valence-electron chi connectivity index (χ2n) is 7.65. The van der Waals surface area contributed by atoms with Crippen molar-refractivity contribution < 1.29 is 0 Å². The van der Waals surface area contributed by atoms with Crippen LogP contribution in [-0.4, -0.2) is 12.9 Å². The minimum absolute atomic E-state index is 0.564. The normalized spacial score (nSPS) is 13.0. The summed E-state index contributed by atoms with van der Waals surface area (Å²) in [7, 11) is 1.89. The minimum atomic E-state index is 0.564. The molecular weight excluding hydrogens is 304 g/mol. The summed E-state index contributed by atoms with van der Waals surface area (Å²) in [4.78, 5) is 4.42. The highest BCUT2D eigenvalue weighted by atomic mass is 15.0. The molecule has 1 atom stereocenters. The number of unbranched alkanes of at least 4 members (excludes halogenated alkanes) is 12. The summed E-state index contributed by atoms with van der Waals surface area (Å²) < 4.78 is 0. The molecule has 0 spiro atoms. The zero-order chi connectivity index (χ0) is 18.8. The van der Waals surface area contributed by atoms with Gasteiger partial charge in [-0.25, -0.2) is 0 Å². The molecule has 0 aromatic carbocycles. The lowest BCUT2D eigenvalue weighted by atomic mass is 9.96. The van der Waals surface area contributed by atoms with E-state index in [2.05, 4.69) is 30.7 Å². The zero-order valence-electron chi connectivity index (χ0n) is 17.8. The van der Waals surface area contributed by atoms with E-state index in [4.69, 9.17) is 0 Å². The third kappa shape index (κ3) is 15.2. The van der Waals surface area contributed by atoms with Gasteiger partial charge in [0.1, 0.15) is 5.84 Å². The van der Waals surface area contributed by atoms with Crippen molar-refractivity contribution in [3.8, 4) is 0 Å². The van der Waals surface area contributed by atoms with Crippen molar-refractivity contribution in [2.75, 3.05) is 7.05 Å². The van der Waals surface area contributed by atoms with Crippen molar-refractivity contribution in [2.45, 2.75) is 117 Å². The maximum Gasteiger partial charge on any atom is 0.103 e. The Balaban J connectivity index is 3.51. The van der Waals surface area contributed by atoms with Crippen LogP contribution in [0.3, 0.4) is 0 Å². The van der Waals surface area contributed by atoms with Gasteiger partial charge in [-0.1, -0.05) is 104 Å². The van der Waals surface area contributed by atoms with Crippen LogP contribution < -0.4 is 5.32 Å². The maximum atomic E-state index is 4.42. The molecule has 0 aromatic heterocycles. The van der Waals surface area contributed by atoms with Gasteiger partial charge in [0.2, 0.25) is 0 Å². The molecule has 1 N–H and O–H groups in total. The Bertz CT molecular complexity index is 333. The van der Waals surface area contributed by atoms with Gasteiger partial charge in [0.25, 0.3) is 0 Å². The first-order valence-electron chi connectivity index (χ1n) is 11.0. The molecule has 0 bridgehead atoms. The van der Waals surface area contributed by atoms with Crippen LogP contribution in [0.4, 0.5) is 0 Å². The predicted molar refractivity (Wildman–Crippen MR) is 115 cm³/mol. The van der Waals surface area contributed by atoms with Crippen molar-refractivity contribution in [2.24, 2.45) is 10.9 Å². The molecule has 0 aliphatic rings. The lowest BCUT2D eigenvalue weighted by molar-refractivity contribution is 0.508. The Hall–Kier alpha value is -0.790. The molecule has 25 heavy (non-hydrogen) atoms. The molecule has 2 nitrogen and oxygen atoms in total. The van der Waals surface area contributed by atoms with Gasteiger partial charge in [-0.2, -0.15) is 0 Å². The lowest BCUT2D eigenvalue weighted by Gasteiger charge is -2.19. The molecule has 0 saturated carbocycles. The fourth-order valence-corrected chi connectivity index (χ4v) is 3.50. The van der Waals surface area contributed by atoms with Gasteiger partial charge in [0, 0.05) is 18.7 Å². The van der Waals surface area contributed by atoms with E-state index in [1.54, 1.807) is 0 Å². The van der Waals surface area contributed by atoms with Crippen LogP contribution in [0, 0.1) is 5.92 Å². The van der Waals surface area contributed by atoms with Crippen LogP contribution in [0.25, 0.3) is 0 Å². The molecule has 0 aliphatic carbocycles. The van der Waals surface area contributed by atoms with Crippen LogP contribution in [0.15, 0.2) is 17.3 Å². The minimum Gasteiger partial charge on any atom is -0.348 e. The summed E-state index contributed by atoms with van der Waals surface area (Å²) in [5.41, 5.74) is 0.990. The predicted octanol–water partition coefficient (Wildman–Crippen LogP) is 7.65. The molecule has 0 rings (SSSR count). The van der Waals surface area contributed by atoms with Crippen molar-refractivity contribution in [1.82, 2.24) is 5.32 Å². The standard InChI is InChI=1S/C23H46N2/c1-6-8-9-10-11-12-13-14-15-16-17-18-19-20-22(7-2)23(24-5)25-21(3)4/h22H,3,6-20H2,1-2,4-5H3,(H,24,25). The number of rotatable bonds is 17. The number of hydrogen-bond donors (Lipinski definition) is 1. The van der Waals surface area contributed by atoms with Crippen molar-refractivity contribution >= 4 is 5.84 Å². The second-order valence-corrected chi connectivity index (χ2v) is 7.65. The van der Waals surface area contributed by atoms with Gasteiger partial charge in [-0.3, -0.25) is 4.99 Å². The van der Waals surface area contributed by atoms with E-state index in [0.717, 1.165) is 18.0 Å². The van der Waals surface area contributed by atoms with Crippen LogP contribution in [0.1, 0.15) is 117 Å². The highest BCUT2D eigenvalue weighted by Crippen LogP contribution is 2.17. The van der Waals surface area contributed by atoms with Crippen molar-refractivity contribution in [1.29, 1.82) is 0 Å².